The van der Waals surface area contributed by atoms with Gasteiger partial charge in [-0.25, -0.2) is 8.42 Å². The number of carbonyl (C=O) groups is 1. The van der Waals surface area contributed by atoms with Gasteiger partial charge in [0, 0.05) is 17.8 Å². The Hall–Kier alpha value is -2.34. The van der Waals surface area contributed by atoms with Gasteiger partial charge in [0.15, 0.2) is 0 Å². The predicted molar refractivity (Wildman–Crippen MR) is 95.7 cm³/mol. The molecule has 0 unspecified atom stereocenters. The van der Waals surface area contributed by atoms with Crippen molar-refractivity contribution in [2.75, 3.05) is 11.3 Å². The van der Waals surface area contributed by atoms with E-state index in [0.717, 1.165) is 18.4 Å². The van der Waals surface area contributed by atoms with Gasteiger partial charge >= 0.3 is 0 Å². The summed E-state index contributed by atoms with van der Waals surface area (Å²) in [6.07, 6.45) is 1.71. The van der Waals surface area contributed by atoms with E-state index in [9.17, 15) is 13.2 Å². The van der Waals surface area contributed by atoms with Gasteiger partial charge in [0.05, 0.1) is 4.90 Å². The summed E-state index contributed by atoms with van der Waals surface area (Å²) in [6.45, 7) is 4.54. The third-order valence-electron chi connectivity index (χ3n) is 3.56. The van der Waals surface area contributed by atoms with E-state index in [1.54, 1.807) is 24.3 Å². The molecule has 0 saturated heterocycles. The van der Waals surface area contributed by atoms with Crippen LogP contribution in [0.25, 0.3) is 0 Å². The maximum atomic E-state index is 12.5. The molecule has 2 N–H and O–H groups in total. The lowest BCUT2D eigenvalue weighted by molar-refractivity contribution is 0.0953. The smallest absolute Gasteiger partial charge is 0.261 e. The Labute approximate surface area is 143 Å². The number of amides is 1. The topological polar surface area (TPSA) is 75.3 Å². The molecular weight excluding hydrogens is 324 g/mol. The van der Waals surface area contributed by atoms with Gasteiger partial charge in [-0.3, -0.25) is 9.52 Å². The zero-order valence-electron chi connectivity index (χ0n) is 13.9. The highest BCUT2D eigenvalue weighted by Gasteiger charge is 2.16. The molecule has 0 heterocycles. The second-order valence-electron chi connectivity index (χ2n) is 5.44. The van der Waals surface area contributed by atoms with Crippen LogP contribution in [0.5, 0.6) is 0 Å². The molecule has 0 aliphatic heterocycles. The summed E-state index contributed by atoms with van der Waals surface area (Å²) in [5, 5.41) is 2.74. The van der Waals surface area contributed by atoms with Gasteiger partial charge in [0.1, 0.15) is 0 Å². The van der Waals surface area contributed by atoms with Gasteiger partial charge in [0.2, 0.25) is 0 Å². The first-order chi connectivity index (χ1) is 11.5. The van der Waals surface area contributed by atoms with E-state index in [1.807, 2.05) is 26.0 Å². The number of sulfonamides is 1. The normalized spacial score (nSPS) is 11.1. The average Bonchev–Trinajstić information content (AvgIpc) is 2.60. The summed E-state index contributed by atoms with van der Waals surface area (Å²) in [7, 11) is -3.74. The van der Waals surface area contributed by atoms with Gasteiger partial charge in [0.25, 0.3) is 15.9 Å². The number of carbonyl (C=O) groups excluding carboxylic acids is 1. The Bertz CT molecular complexity index is 799. The van der Waals surface area contributed by atoms with Crippen molar-refractivity contribution in [3.63, 3.8) is 0 Å². The number of anilines is 1. The zero-order chi connectivity index (χ0) is 17.6. The minimum Gasteiger partial charge on any atom is -0.352 e. The number of hydrogen-bond donors (Lipinski definition) is 2. The van der Waals surface area contributed by atoms with Crippen LogP contribution in [0.3, 0.4) is 0 Å². The fraction of sp³-hybridized carbons (Fsp3) is 0.278. The van der Waals surface area contributed by atoms with Gasteiger partial charge in [-0.15, -0.1) is 0 Å². The van der Waals surface area contributed by atoms with Crippen molar-refractivity contribution in [1.29, 1.82) is 0 Å². The summed E-state index contributed by atoms with van der Waals surface area (Å²) < 4.78 is 27.5. The first kappa shape index (κ1) is 18.0. The molecule has 0 radical (unpaired) electrons. The van der Waals surface area contributed by atoms with Crippen LogP contribution in [0.15, 0.2) is 53.4 Å². The molecule has 0 bridgehead atoms. The van der Waals surface area contributed by atoms with Crippen LogP contribution in [0.4, 0.5) is 5.69 Å². The van der Waals surface area contributed by atoms with E-state index >= 15 is 0 Å². The second-order valence-corrected chi connectivity index (χ2v) is 7.12. The van der Waals surface area contributed by atoms with Crippen molar-refractivity contribution in [3.8, 4) is 0 Å². The van der Waals surface area contributed by atoms with E-state index in [4.69, 9.17) is 0 Å². The fourth-order valence-corrected chi connectivity index (χ4v) is 3.27. The Balaban J connectivity index is 2.20. The largest absolute Gasteiger partial charge is 0.352 e. The molecular formula is C18H22N2O3S. The Morgan fingerprint density at radius 3 is 2.38 bits per heavy atom. The Morgan fingerprint density at radius 1 is 1.04 bits per heavy atom. The van der Waals surface area contributed by atoms with E-state index < -0.39 is 10.0 Å². The van der Waals surface area contributed by atoms with Crippen LogP contribution in [0.1, 0.15) is 36.2 Å². The standard InChI is InChI=1S/C18H22N2O3S/c1-3-12-19-18(21)15-6-5-7-17(13-15)24(22,23)20-16-10-8-14(4-2)9-11-16/h5-11,13,20H,3-4,12H2,1-2H3,(H,19,21). The van der Waals surface area contributed by atoms with E-state index in [0.29, 0.717) is 17.8 Å². The molecule has 2 aromatic carbocycles. The van der Waals surface area contributed by atoms with Crippen molar-refractivity contribution in [1.82, 2.24) is 5.32 Å². The van der Waals surface area contributed by atoms with Crippen molar-refractivity contribution < 1.29 is 13.2 Å². The van der Waals surface area contributed by atoms with Gasteiger partial charge in [-0.05, 0) is 48.7 Å². The minimum absolute atomic E-state index is 0.0613. The lowest BCUT2D eigenvalue weighted by Crippen LogP contribution is -2.24. The van der Waals surface area contributed by atoms with Crippen LogP contribution in [-0.4, -0.2) is 20.9 Å². The number of aryl methyl sites for hydroxylation is 1. The summed E-state index contributed by atoms with van der Waals surface area (Å²) in [5.74, 6) is -0.277. The van der Waals surface area contributed by atoms with Crippen LogP contribution in [0, 0.1) is 0 Å². The highest BCUT2D eigenvalue weighted by atomic mass is 32.2. The summed E-state index contributed by atoms with van der Waals surface area (Å²) in [6, 6.07) is 13.2. The molecule has 24 heavy (non-hydrogen) atoms. The molecule has 1 amide bonds. The van der Waals surface area contributed by atoms with Crippen molar-refractivity contribution in [2.24, 2.45) is 0 Å². The third-order valence-corrected chi connectivity index (χ3v) is 4.94. The molecule has 0 aliphatic carbocycles. The molecule has 0 aliphatic rings. The zero-order valence-corrected chi connectivity index (χ0v) is 14.7. The number of hydrogen-bond acceptors (Lipinski definition) is 3. The highest BCUT2D eigenvalue weighted by molar-refractivity contribution is 7.92. The summed E-state index contributed by atoms with van der Waals surface area (Å²) in [5.41, 5.74) is 1.95. The third kappa shape index (κ3) is 4.58. The maximum Gasteiger partial charge on any atom is 0.261 e. The molecule has 0 aromatic heterocycles. The SMILES string of the molecule is CCCNC(=O)c1cccc(S(=O)(=O)Nc2ccc(CC)cc2)c1. The monoisotopic (exact) mass is 346 g/mol. The molecule has 0 fully saturated rings. The molecule has 0 atom stereocenters. The van der Waals surface area contributed by atoms with E-state index in [1.165, 1.54) is 12.1 Å². The average molecular weight is 346 g/mol. The summed E-state index contributed by atoms with van der Waals surface area (Å²) in [4.78, 5) is 12.0. The van der Waals surface area contributed by atoms with Gasteiger partial charge in [-0.1, -0.05) is 32.0 Å². The molecule has 0 spiro atoms. The van der Waals surface area contributed by atoms with Crippen LogP contribution >= 0.6 is 0 Å². The first-order valence-electron chi connectivity index (χ1n) is 7.96. The second kappa shape index (κ2) is 7.97. The molecule has 2 aromatic rings. The molecule has 0 saturated carbocycles. The van der Waals surface area contributed by atoms with Crippen LogP contribution < -0.4 is 10.0 Å². The number of nitrogens with one attached hydrogen (secondary N) is 2. The lowest BCUT2D eigenvalue weighted by atomic mass is 10.2. The predicted octanol–water partition coefficient (Wildman–Crippen LogP) is 3.19. The number of benzene rings is 2. The van der Waals surface area contributed by atoms with Gasteiger partial charge in [-0.2, -0.15) is 0 Å². The molecule has 2 rings (SSSR count). The summed E-state index contributed by atoms with van der Waals surface area (Å²) >= 11 is 0. The maximum absolute atomic E-state index is 12.5. The van der Waals surface area contributed by atoms with Crippen molar-refractivity contribution >= 4 is 21.6 Å². The molecule has 5 nitrogen and oxygen atoms in total. The number of rotatable bonds is 7. The van der Waals surface area contributed by atoms with Crippen LogP contribution in [0.2, 0.25) is 0 Å². The first-order valence-corrected chi connectivity index (χ1v) is 9.44. The quantitative estimate of drug-likeness (QED) is 0.808. The molecule has 128 valence electrons. The van der Waals surface area contributed by atoms with Crippen LogP contribution in [-0.2, 0) is 16.4 Å². The van der Waals surface area contributed by atoms with Crippen molar-refractivity contribution in [2.45, 2.75) is 31.6 Å². The highest BCUT2D eigenvalue weighted by Crippen LogP contribution is 2.18. The minimum atomic E-state index is -3.74. The molecule has 6 heteroatoms. The van der Waals surface area contributed by atoms with Gasteiger partial charge < -0.3 is 5.32 Å². The van der Waals surface area contributed by atoms with E-state index in [2.05, 4.69) is 10.0 Å². The van der Waals surface area contributed by atoms with Crippen molar-refractivity contribution in [3.05, 3.63) is 59.7 Å². The Kier molecular flexibility index (Phi) is 5.98. The fourth-order valence-electron chi connectivity index (χ4n) is 2.17. The van der Waals surface area contributed by atoms with E-state index in [-0.39, 0.29) is 10.8 Å². The lowest BCUT2D eigenvalue weighted by Gasteiger charge is -2.10. The Morgan fingerprint density at radius 2 is 1.75 bits per heavy atom.